The van der Waals surface area contributed by atoms with Gasteiger partial charge in [0, 0.05) is 17.8 Å². The number of nitrogens with zero attached hydrogens (tertiary/aromatic N) is 1. The molecule has 2 aromatic carbocycles. The van der Waals surface area contributed by atoms with Gasteiger partial charge in [-0.2, -0.15) is 5.26 Å². The van der Waals surface area contributed by atoms with Crippen LogP contribution in [0, 0.1) is 11.3 Å². The van der Waals surface area contributed by atoms with E-state index in [1.54, 1.807) is 0 Å². The predicted molar refractivity (Wildman–Crippen MR) is 83.2 cm³/mol. The number of hydrogen-bond donors (Lipinski definition) is 1. The van der Waals surface area contributed by atoms with Crippen LogP contribution in [0.4, 0.5) is 5.69 Å². The van der Waals surface area contributed by atoms with Crippen molar-refractivity contribution in [2.24, 2.45) is 0 Å². The second-order valence-electron chi connectivity index (χ2n) is 5.32. The van der Waals surface area contributed by atoms with Crippen LogP contribution in [-0.4, -0.2) is 6.10 Å². The Morgan fingerprint density at radius 2 is 1.86 bits per heavy atom. The van der Waals surface area contributed by atoms with Crippen molar-refractivity contribution in [2.75, 3.05) is 5.32 Å². The van der Waals surface area contributed by atoms with Crippen LogP contribution in [0.25, 0.3) is 0 Å². The molecule has 0 aliphatic heterocycles. The summed E-state index contributed by atoms with van der Waals surface area (Å²) >= 11 is 0. The molecule has 0 aromatic heterocycles. The lowest BCUT2D eigenvalue weighted by atomic mass is 9.96. The van der Waals surface area contributed by atoms with Crippen LogP contribution >= 0.6 is 0 Å². The van der Waals surface area contributed by atoms with Crippen LogP contribution in [0.1, 0.15) is 30.4 Å². The van der Waals surface area contributed by atoms with Crippen LogP contribution < -0.4 is 10.1 Å². The Bertz CT molecular complexity index is 639. The lowest BCUT2D eigenvalue weighted by molar-refractivity contribution is 0.119. The molecular formula is C18H18N2O. The first kappa shape index (κ1) is 13.5. The molecule has 3 nitrogen and oxygen atoms in total. The number of rotatable bonds is 5. The number of nitrogens with one attached hydrogen (secondary N) is 1. The summed E-state index contributed by atoms with van der Waals surface area (Å²) in [5, 5.41) is 12.2. The van der Waals surface area contributed by atoms with Gasteiger partial charge in [0.1, 0.15) is 5.75 Å². The van der Waals surface area contributed by atoms with Crippen molar-refractivity contribution in [3.8, 4) is 11.8 Å². The number of nitriles is 1. The largest absolute Gasteiger partial charge is 0.490 e. The summed E-state index contributed by atoms with van der Waals surface area (Å²) in [5.41, 5.74) is 2.84. The molecule has 0 unspecified atom stereocenters. The van der Waals surface area contributed by atoms with Crippen LogP contribution in [-0.2, 0) is 6.54 Å². The Morgan fingerprint density at radius 3 is 2.52 bits per heavy atom. The molecule has 21 heavy (non-hydrogen) atoms. The summed E-state index contributed by atoms with van der Waals surface area (Å²) < 4.78 is 6.02. The summed E-state index contributed by atoms with van der Waals surface area (Å²) in [6.45, 7) is 0.717. The smallest absolute Gasteiger partial charge is 0.124 e. The number of benzene rings is 2. The molecule has 0 bridgehead atoms. The molecule has 1 aliphatic carbocycles. The molecular weight excluding hydrogens is 260 g/mol. The van der Waals surface area contributed by atoms with Gasteiger partial charge in [-0.1, -0.05) is 18.2 Å². The first-order chi connectivity index (χ1) is 10.3. The minimum atomic E-state index is 0.390. The van der Waals surface area contributed by atoms with Gasteiger partial charge >= 0.3 is 0 Å². The predicted octanol–water partition coefficient (Wildman–Crippen LogP) is 4.10. The monoisotopic (exact) mass is 278 g/mol. The highest BCUT2D eigenvalue weighted by Crippen LogP contribution is 2.28. The van der Waals surface area contributed by atoms with Gasteiger partial charge in [-0.3, -0.25) is 0 Å². The Labute approximate surface area is 125 Å². The fourth-order valence-corrected chi connectivity index (χ4v) is 2.29. The average molecular weight is 278 g/mol. The summed E-state index contributed by atoms with van der Waals surface area (Å²) in [4.78, 5) is 0. The molecule has 0 radical (unpaired) electrons. The van der Waals surface area contributed by atoms with Crippen LogP contribution in [0.15, 0.2) is 48.5 Å². The molecule has 0 spiro atoms. The first-order valence-electron chi connectivity index (χ1n) is 7.34. The number of para-hydroxylation sites is 1. The van der Waals surface area contributed by atoms with E-state index in [0.29, 0.717) is 11.7 Å². The second-order valence-corrected chi connectivity index (χ2v) is 5.32. The minimum Gasteiger partial charge on any atom is -0.490 e. The molecule has 0 heterocycles. The maximum atomic E-state index is 8.80. The lowest BCUT2D eigenvalue weighted by Crippen LogP contribution is -2.25. The molecule has 0 atom stereocenters. The maximum absolute atomic E-state index is 8.80. The third kappa shape index (κ3) is 3.35. The lowest BCUT2D eigenvalue weighted by Gasteiger charge is -2.27. The van der Waals surface area contributed by atoms with Gasteiger partial charge in [0.05, 0.1) is 17.7 Å². The van der Waals surface area contributed by atoms with Crippen LogP contribution in [0.3, 0.4) is 0 Å². The molecule has 2 aromatic rings. The molecule has 3 heteroatoms. The van der Waals surface area contributed by atoms with Crippen LogP contribution in [0.5, 0.6) is 5.75 Å². The van der Waals surface area contributed by atoms with E-state index in [1.807, 2.05) is 42.5 Å². The molecule has 1 fully saturated rings. The van der Waals surface area contributed by atoms with E-state index in [-0.39, 0.29) is 0 Å². The van der Waals surface area contributed by atoms with Crippen molar-refractivity contribution in [1.82, 2.24) is 0 Å². The zero-order valence-corrected chi connectivity index (χ0v) is 11.9. The zero-order valence-electron chi connectivity index (χ0n) is 11.9. The standard InChI is InChI=1S/C18H18N2O/c19-12-14-8-10-16(11-9-14)20-13-15-4-1-2-7-18(15)21-17-5-3-6-17/h1-2,4,7-11,17,20H,3,5-6,13H2. The van der Waals surface area contributed by atoms with Crippen molar-refractivity contribution in [2.45, 2.75) is 31.9 Å². The minimum absolute atomic E-state index is 0.390. The van der Waals surface area contributed by atoms with E-state index in [2.05, 4.69) is 17.5 Å². The fraction of sp³-hybridized carbons (Fsp3) is 0.278. The molecule has 1 saturated carbocycles. The Balaban J connectivity index is 1.65. The van der Waals surface area contributed by atoms with Crippen molar-refractivity contribution < 1.29 is 4.74 Å². The Morgan fingerprint density at radius 1 is 1.10 bits per heavy atom. The fourth-order valence-electron chi connectivity index (χ4n) is 2.29. The summed E-state index contributed by atoms with van der Waals surface area (Å²) in [6.07, 6.45) is 3.99. The van der Waals surface area contributed by atoms with E-state index >= 15 is 0 Å². The molecule has 1 N–H and O–H groups in total. The van der Waals surface area contributed by atoms with Crippen molar-refractivity contribution in [3.63, 3.8) is 0 Å². The molecule has 0 saturated heterocycles. The normalized spacial score (nSPS) is 14.0. The number of ether oxygens (including phenoxy) is 1. The van der Waals surface area contributed by atoms with Crippen molar-refractivity contribution >= 4 is 5.69 Å². The van der Waals surface area contributed by atoms with Gasteiger partial charge in [-0.15, -0.1) is 0 Å². The van der Waals surface area contributed by atoms with E-state index in [9.17, 15) is 0 Å². The third-order valence-corrected chi connectivity index (χ3v) is 3.82. The topological polar surface area (TPSA) is 45.0 Å². The maximum Gasteiger partial charge on any atom is 0.124 e. The SMILES string of the molecule is N#Cc1ccc(NCc2ccccc2OC2CCC2)cc1. The molecule has 106 valence electrons. The van der Waals surface area contributed by atoms with Gasteiger partial charge in [0.15, 0.2) is 0 Å². The van der Waals surface area contributed by atoms with E-state index in [1.165, 1.54) is 6.42 Å². The second kappa shape index (κ2) is 6.32. The summed E-state index contributed by atoms with van der Waals surface area (Å²) in [7, 11) is 0. The zero-order chi connectivity index (χ0) is 14.5. The first-order valence-corrected chi connectivity index (χ1v) is 7.34. The highest BCUT2D eigenvalue weighted by molar-refractivity contribution is 5.48. The number of hydrogen-bond acceptors (Lipinski definition) is 3. The molecule has 3 rings (SSSR count). The van der Waals surface area contributed by atoms with E-state index < -0.39 is 0 Å². The van der Waals surface area contributed by atoms with Gasteiger partial charge in [-0.25, -0.2) is 0 Å². The van der Waals surface area contributed by atoms with Crippen LogP contribution in [0.2, 0.25) is 0 Å². The average Bonchev–Trinajstić information content (AvgIpc) is 2.50. The van der Waals surface area contributed by atoms with Crippen molar-refractivity contribution in [1.29, 1.82) is 5.26 Å². The molecule has 1 aliphatic rings. The highest BCUT2D eigenvalue weighted by Gasteiger charge is 2.19. The van der Waals surface area contributed by atoms with Gasteiger partial charge in [0.2, 0.25) is 0 Å². The van der Waals surface area contributed by atoms with Gasteiger partial charge in [-0.05, 0) is 49.6 Å². The van der Waals surface area contributed by atoms with Gasteiger partial charge in [0.25, 0.3) is 0 Å². The Kier molecular flexibility index (Phi) is 4.07. The number of anilines is 1. The summed E-state index contributed by atoms with van der Waals surface area (Å²) in [5.74, 6) is 0.975. The third-order valence-electron chi connectivity index (χ3n) is 3.82. The summed E-state index contributed by atoms with van der Waals surface area (Å²) in [6, 6.07) is 17.8. The Hall–Kier alpha value is -2.47. The van der Waals surface area contributed by atoms with E-state index in [0.717, 1.165) is 36.4 Å². The quantitative estimate of drug-likeness (QED) is 0.895. The van der Waals surface area contributed by atoms with Crippen molar-refractivity contribution in [3.05, 3.63) is 59.7 Å². The molecule has 0 amide bonds. The van der Waals surface area contributed by atoms with Gasteiger partial charge < -0.3 is 10.1 Å². The van der Waals surface area contributed by atoms with E-state index in [4.69, 9.17) is 10.00 Å². The highest BCUT2D eigenvalue weighted by atomic mass is 16.5.